The lowest BCUT2D eigenvalue weighted by molar-refractivity contribution is 0.246. The van der Waals surface area contributed by atoms with Crippen molar-refractivity contribution in [3.05, 3.63) is 47.4 Å². The Morgan fingerprint density at radius 2 is 2.00 bits per heavy atom. The molecule has 0 unspecified atom stereocenters. The van der Waals surface area contributed by atoms with Gasteiger partial charge in [0.2, 0.25) is 0 Å². The van der Waals surface area contributed by atoms with E-state index in [1.165, 1.54) is 7.11 Å². The smallest absolute Gasteiger partial charge is 0.161 e. The maximum Gasteiger partial charge on any atom is 0.161 e. The Morgan fingerprint density at radius 3 is 2.57 bits per heavy atom. The second-order valence-corrected chi connectivity index (χ2v) is 4.20. The molecule has 1 heterocycles. The number of aliphatic hydroxyl groups is 1. The van der Waals surface area contributed by atoms with Crippen LogP contribution in [-0.2, 0) is 6.61 Å². The Labute approximate surface area is 122 Å². The summed E-state index contributed by atoms with van der Waals surface area (Å²) >= 11 is 0. The first-order valence-electron chi connectivity index (χ1n) is 6.25. The molecule has 0 atom stereocenters. The van der Waals surface area contributed by atoms with E-state index in [0.717, 1.165) is 0 Å². The molecule has 2 rings (SSSR count). The molecule has 0 fully saturated rings. The van der Waals surface area contributed by atoms with Gasteiger partial charge in [-0.1, -0.05) is 0 Å². The quantitative estimate of drug-likeness (QED) is 0.855. The van der Waals surface area contributed by atoms with Crippen molar-refractivity contribution >= 4 is 11.6 Å². The highest BCUT2D eigenvalue weighted by Crippen LogP contribution is 2.31. The molecule has 0 aliphatic heterocycles. The maximum absolute atomic E-state index is 9.31. The predicted molar refractivity (Wildman–Crippen MR) is 77.7 cm³/mol. The van der Waals surface area contributed by atoms with Crippen LogP contribution in [0.4, 0.5) is 0 Å². The van der Waals surface area contributed by atoms with E-state index in [4.69, 9.17) is 19.0 Å². The lowest BCUT2D eigenvalue weighted by Crippen LogP contribution is -1.92. The van der Waals surface area contributed by atoms with E-state index in [1.54, 1.807) is 43.5 Å². The number of ether oxygens (including phenoxy) is 2. The maximum atomic E-state index is 9.31. The molecule has 1 N–H and O–H groups in total. The van der Waals surface area contributed by atoms with Crippen LogP contribution >= 0.6 is 0 Å². The molecule has 0 saturated carbocycles. The van der Waals surface area contributed by atoms with Crippen LogP contribution in [0, 0.1) is 11.3 Å². The number of hydrogen-bond donors (Lipinski definition) is 1. The highest BCUT2D eigenvalue weighted by molar-refractivity contribution is 5.89. The third-order valence-electron chi connectivity index (χ3n) is 2.94. The van der Waals surface area contributed by atoms with Gasteiger partial charge in [-0.15, -0.1) is 0 Å². The fourth-order valence-corrected chi connectivity index (χ4v) is 1.88. The van der Waals surface area contributed by atoms with Crippen LogP contribution in [0.1, 0.15) is 17.1 Å². The van der Waals surface area contributed by atoms with E-state index in [1.807, 2.05) is 0 Å². The SMILES string of the molecule is COc1ccc(C(C#N)=Cc2ccc(CO)o2)cc1OC. The molecule has 21 heavy (non-hydrogen) atoms. The van der Waals surface area contributed by atoms with Gasteiger partial charge in [-0.25, -0.2) is 0 Å². The average Bonchev–Trinajstić information content (AvgIpc) is 2.99. The van der Waals surface area contributed by atoms with E-state index in [-0.39, 0.29) is 6.61 Å². The van der Waals surface area contributed by atoms with E-state index in [2.05, 4.69) is 6.07 Å². The Hall–Kier alpha value is -2.71. The molecular formula is C16H15NO4. The van der Waals surface area contributed by atoms with Gasteiger partial charge in [0.1, 0.15) is 18.1 Å². The number of furan rings is 1. The second kappa shape index (κ2) is 6.64. The molecule has 1 aromatic carbocycles. The number of rotatable bonds is 5. The van der Waals surface area contributed by atoms with Crippen LogP contribution < -0.4 is 9.47 Å². The highest BCUT2D eigenvalue weighted by Gasteiger charge is 2.09. The van der Waals surface area contributed by atoms with Gasteiger partial charge in [-0.2, -0.15) is 5.26 Å². The van der Waals surface area contributed by atoms with Gasteiger partial charge in [0.05, 0.1) is 25.9 Å². The summed E-state index contributed by atoms with van der Waals surface area (Å²) in [6.07, 6.45) is 1.61. The Bertz CT molecular complexity index is 695. The third kappa shape index (κ3) is 3.25. The summed E-state index contributed by atoms with van der Waals surface area (Å²) < 4.78 is 15.7. The zero-order valence-corrected chi connectivity index (χ0v) is 11.8. The summed E-state index contributed by atoms with van der Waals surface area (Å²) in [5, 5.41) is 18.3. The molecule has 2 aromatic rings. The van der Waals surface area contributed by atoms with Crippen LogP contribution in [0.15, 0.2) is 34.7 Å². The minimum Gasteiger partial charge on any atom is -0.493 e. The lowest BCUT2D eigenvalue weighted by Gasteiger charge is -2.08. The molecule has 0 radical (unpaired) electrons. The molecular weight excluding hydrogens is 270 g/mol. The molecule has 108 valence electrons. The van der Waals surface area contributed by atoms with Crippen LogP contribution in [0.3, 0.4) is 0 Å². The number of nitrogens with zero attached hydrogens (tertiary/aromatic N) is 1. The molecule has 0 amide bonds. The minimum absolute atomic E-state index is 0.175. The first-order valence-corrected chi connectivity index (χ1v) is 6.25. The first kappa shape index (κ1) is 14.7. The number of aliphatic hydroxyl groups excluding tert-OH is 1. The van der Waals surface area contributed by atoms with Crippen molar-refractivity contribution in [3.8, 4) is 17.6 Å². The fourth-order valence-electron chi connectivity index (χ4n) is 1.88. The Balaban J connectivity index is 2.39. The number of benzene rings is 1. The largest absolute Gasteiger partial charge is 0.493 e. The average molecular weight is 285 g/mol. The summed E-state index contributed by atoms with van der Waals surface area (Å²) in [6, 6.07) is 10.7. The third-order valence-corrected chi connectivity index (χ3v) is 2.94. The van der Waals surface area contributed by atoms with Gasteiger partial charge in [0, 0.05) is 0 Å². The van der Waals surface area contributed by atoms with E-state index >= 15 is 0 Å². The molecule has 0 aliphatic rings. The number of methoxy groups -OCH3 is 2. The number of hydrogen-bond acceptors (Lipinski definition) is 5. The van der Waals surface area contributed by atoms with Crippen molar-refractivity contribution in [3.63, 3.8) is 0 Å². The van der Waals surface area contributed by atoms with Gasteiger partial charge >= 0.3 is 0 Å². The highest BCUT2D eigenvalue weighted by atomic mass is 16.5. The monoisotopic (exact) mass is 285 g/mol. The van der Waals surface area contributed by atoms with Gasteiger partial charge in [-0.05, 0) is 42.0 Å². The Kier molecular flexibility index (Phi) is 4.64. The predicted octanol–water partition coefficient (Wildman–Crippen LogP) is 2.85. The summed E-state index contributed by atoms with van der Waals surface area (Å²) in [6.45, 7) is -0.175. The minimum atomic E-state index is -0.175. The molecule has 0 spiro atoms. The zero-order chi connectivity index (χ0) is 15.2. The van der Waals surface area contributed by atoms with Crippen molar-refractivity contribution in [2.75, 3.05) is 14.2 Å². The van der Waals surface area contributed by atoms with Crippen LogP contribution in [-0.4, -0.2) is 19.3 Å². The van der Waals surface area contributed by atoms with Crippen molar-refractivity contribution < 1.29 is 19.0 Å². The topological polar surface area (TPSA) is 75.6 Å². The number of allylic oxidation sites excluding steroid dienone is 1. The summed E-state index contributed by atoms with van der Waals surface area (Å²) in [7, 11) is 3.09. The van der Waals surface area contributed by atoms with Crippen molar-refractivity contribution in [2.24, 2.45) is 0 Å². The van der Waals surface area contributed by atoms with Crippen molar-refractivity contribution in [2.45, 2.75) is 6.61 Å². The lowest BCUT2D eigenvalue weighted by atomic mass is 10.1. The zero-order valence-electron chi connectivity index (χ0n) is 11.8. The van der Waals surface area contributed by atoms with E-state index in [9.17, 15) is 5.26 Å². The second-order valence-electron chi connectivity index (χ2n) is 4.20. The van der Waals surface area contributed by atoms with Crippen LogP contribution in [0.25, 0.3) is 11.6 Å². The molecule has 5 nitrogen and oxygen atoms in total. The molecule has 0 saturated heterocycles. The molecule has 1 aromatic heterocycles. The standard InChI is InChI=1S/C16H15NO4/c1-19-15-6-3-11(8-16(15)20-2)12(9-17)7-13-4-5-14(10-18)21-13/h3-8,18H,10H2,1-2H3. The molecule has 0 aliphatic carbocycles. The first-order chi connectivity index (χ1) is 10.2. The number of nitriles is 1. The summed E-state index contributed by atoms with van der Waals surface area (Å²) in [5.74, 6) is 2.10. The van der Waals surface area contributed by atoms with Crippen molar-refractivity contribution in [1.82, 2.24) is 0 Å². The fraction of sp³-hybridized carbons (Fsp3) is 0.188. The van der Waals surface area contributed by atoms with E-state index < -0.39 is 0 Å². The normalized spacial score (nSPS) is 11.0. The van der Waals surface area contributed by atoms with Crippen LogP contribution in [0.5, 0.6) is 11.5 Å². The van der Waals surface area contributed by atoms with Gasteiger partial charge in [0.15, 0.2) is 11.5 Å². The summed E-state index contributed by atoms with van der Waals surface area (Å²) in [5.41, 5.74) is 1.12. The van der Waals surface area contributed by atoms with Crippen LogP contribution in [0.2, 0.25) is 0 Å². The van der Waals surface area contributed by atoms with Gasteiger partial charge in [-0.3, -0.25) is 0 Å². The Morgan fingerprint density at radius 1 is 1.24 bits per heavy atom. The summed E-state index contributed by atoms with van der Waals surface area (Å²) in [4.78, 5) is 0. The van der Waals surface area contributed by atoms with Crippen molar-refractivity contribution in [1.29, 1.82) is 5.26 Å². The van der Waals surface area contributed by atoms with Gasteiger partial charge < -0.3 is 19.0 Å². The van der Waals surface area contributed by atoms with Gasteiger partial charge in [0.25, 0.3) is 0 Å². The molecule has 5 heteroatoms. The molecule has 0 bridgehead atoms. The van der Waals surface area contributed by atoms with E-state index in [0.29, 0.717) is 34.2 Å².